The molecule has 0 aromatic rings. The van der Waals surface area contributed by atoms with Gasteiger partial charge in [-0.1, -0.05) is 70.6 Å². The zero-order chi connectivity index (χ0) is 20.7. The zero-order valence-electron chi connectivity index (χ0n) is 18.6. The number of carbonyl (C=O) groups is 1. The summed E-state index contributed by atoms with van der Waals surface area (Å²) in [4.78, 5) is 19.6. The lowest BCUT2D eigenvalue weighted by atomic mass is 9.72. The van der Waals surface area contributed by atoms with Gasteiger partial charge >= 0.3 is 0 Å². The Hall–Kier alpha value is -1.10. The van der Waals surface area contributed by atoms with Crippen molar-refractivity contribution < 1.29 is 9.90 Å². The molecule has 3 atom stereocenters. The topological polar surface area (TPSA) is 78.9 Å². The maximum Gasteiger partial charge on any atom is 0.257 e. The highest BCUT2D eigenvalue weighted by Gasteiger charge is 2.47. The van der Waals surface area contributed by atoms with Crippen molar-refractivity contribution in [1.29, 1.82) is 0 Å². The standard InChI is InChI=1S/C24H43N3O2/c1-27-22(29)24(26-23(27)25,15-14-19-9-4-2-5-10-19)18-21-13-8-12-20(17-21)11-6-3-7-16-28/h19-21,28H,2-18H2,1H3,(H2,25,26)/t20-,21-,24-/m1/s1. The summed E-state index contributed by atoms with van der Waals surface area (Å²) < 4.78 is 0. The molecule has 2 aliphatic carbocycles. The van der Waals surface area contributed by atoms with Crippen molar-refractivity contribution in [2.24, 2.45) is 28.5 Å². The van der Waals surface area contributed by atoms with Gasteiger partial charge in [0.2, 0.25) is 0 Å². The van der Waals surface area contributed by atoms with E-state index in [9.17, 15) is 4.79 Å². The van der Waals surface area contributed by atoms with Gasteiger partial charge in [-0.25, -0.2) is 4.99 Å². The third-order valence-electron chi connectivity index (χ3n) is 7.85. The summed E-state index contributed by atoms with van der Waals surface area (Å²) in [5.41, 5.74) is 5.52. The van der Waals surface area contributed by atoms with Crippen molar-refractivity contribution in [2.45, 2.75) is 108 Å². The molecule has 0 radical (unpaired) electrons. The van der Waals surface area contributed by atoms with Crippen molar-refractivity contribution in [2.75, 3.05) is 13.7 Å². The van der Waals surface area contributed by atoms with E-state index in [1.165, 1.54) is 70.6 Å². The zero-order valence-corrected chi connectivity index (χ0v) is 18.6. The van der Waals surface area contributed by atoms with E-state index in [4.69, 9.17) is 15.8 Å². The van der Waals surface area contributed by atoms with Gasteiger partial charge in [-0.3, -0.25) is 9.69 Å². The highest BCUT2D eigenvalue weighted by atomic mass is 16.2. The number of hydrogen-bond acceptors (Lipinski definition) is 4. The van der Waals surface area contributed by atoms with Gasteiger partial charge in [0.15, 0.2) is 5.96 Å². The Morgan fingerprint density at radius 1 is 1.00 bits per heavy atom. The summed E-state index contributed by atoms with van der Waals surface area (Å²) in [6.45, 7) is 0.311. The Bertz CT molecular complexity index is 558. The second-order valence-electron chi connectivity index (χ2n) is 10.1. The number of amides is 1. The first-order chi connectivity index (χ1) is 14.0. The van der Waals surface area contributed by atoms with Gasteiger partial charge < -0.3 is 10.8 Å². The number of aliphatic hydroxyl groups excluding tert-OH is 1. The Morgan fingerprint density at radius 3 is 2.41 bits per heavy atom. The molecule has 2 fully saturated rings. The number of unbranched alkanes of at least 4 members (excludes halogenated alkanes) is 2. The molecular formula is C24H43N3O2. The third-order valence-corrected chi connectivity index (χ3v) is 7.85. The van der Waals surface area contributed by atoms with E-state index in [1.54, 1.807) is 11.9 Å². The lowest BCUT2D eigenvalue weighted by Crippen LogP contribution is -2.44. The number of aliphatic hydroxyl groups is 1. The lowest BCUT2D eigenvalue weighted by molar-refractivity contribution is -0.131. The van der Waals surface area contributed by atoms with Crippen LogP contribution in [0.1, 0.15) is 103 Å². The van der Waals surface area contributed by atoms with Gasteiger partial charge in [0.05, 0.1) is 0 Å². The Morgan fingerprint density at radius 2 is 1.72 bits per heavy atom. The first kappa shape index (κ1) is 22.6. The molecule has 0 spiro atoms. The van der Waals surface area contributed by atoms with Crippen LogP contribution in [0.3, 0.4) is 0 Å². The quantitative estimate of drug-likeness (QED) is 0.520. The molecule has 0 aromatic heterocycles. The largest absolute Gasteiger partial charge is 0.396 e. The predicted molar refractivity (Wildman–Crippen MR) is 119 cm³/mol. The Balaban J connectivity index is 1.60. The molecule has 0 aromatic carbocycles. The van der Waals surface area contributed by atoms with Gasteiger partial charge in [0.1, 0.15) is 5.54 Å². The van der Waals surface area contributed by atoms with Crippen LogP contribution in [0.5, 0.6) is 0 Å². The SMILES string of the molecule is CN1C(=O)[C@@](CCC2CCCCC2)(C[C@@H]2CCC[C@@H](CCCCCO)C2)N=C1N. The van der Waals surface area contributed by atoms with Crippen LogP contribution in [0.25, 0.3) is 0 Å². The van der Waals surface area contributed by atoms with Crippen LogP contribution in [0.2, 0.25) is 0 Å². The van der Waals surface area contributed by atoms with E-state index < -0.39 is 5.54 Å². The van der Waals surface area contributed by atoms with Crippen molar-refractivity contribution in [3.05, 3.63) is 0 Å². The second-order valence-corrected chi connectivity index (χ2v) is 10.1. The minimum absolute atomic E-state index is 0.135. The molecule has 0 saturated heterocycles. The van der Waals surface area contributed by atoms with Crippen LogP contribution in [0.15, 0.2) is 4.99 Å². The normalized spacial score (nSPS) is 31.3. The molecule has 29 heavy (non-hydrogen) atoms. The van der Waals surface area contributed by atoms with E-state index in [2.05, 4.69) is 0 Å². The number of nitrogens with two attached hydrogens (primary N) is 1. The average molecular weight is 406 g/mol. The number of rotatable bonds is 10. The lowest BCUT2D eigenvalue weighted by Gasteiger charge is -2.35. The molecule has 1 aliphatic heterocycles. The summed E-state index contributed by atoms with van der Waals surface area (Å²) in [7, 11) is 1.79. The molecule has 166 valence electrons. The minimum atomic E-state index is -0.597. The summed E-state index contributed by atoms with van der Waals surface area (Å²) in [6, 6.07) is 0. The summed E-state index contributed by atoms with van der Waals surface area (Å²) in [5, 5.41) is 8.99. The van der Waals surface area contributed by atoms with E-state index in [1.807, 2.05) is 0 Å². The van der Waals surface area contributed by atoms with Gasteiger partial charge in [0.25, 0.3) is 5.91 Å². The Kier molecular flexibility index (Phi) is 8.40. The van der Waals surface area contributed by atoms with Crippen LogP contribution in [-0.4, -0.2) is 41.1 Å². The molecule has 1 heterocycles. The van der Waals surface area contributed by atoms with Crippen LogP contribution in [-0.2, 0) is 4.79 Å². The van der Waals surface area contributed by atoms with Gasteiger partial charge in [-0.15, -0.1) is 0 Å². The van der Waals surface area contributed by atoms with Gasteiger partial charge in [-0.05, 0) is 49.9 Å². The van der Waals surface area contributed by atoms with Crippen LogP contribution in [0.4, 0.5) is 0 Å². The molecule has 3 N–H and O–H groups in total. The number of aliphatic imine (C=N–C) groups is 1. The van der Waals surface area contributed by atoms with Crippen LogP contribution in [0, 0.1) is 17.8 Å². The maximum absolute atomic E-state index is 13.2. The van der Waals surface area contributed by atoms with Gasteiger partial charge in [-0.2, -0.15) is 0 Å². The van der Waals surface area contributed by atoms with Gasteiger partial charge in [0, 0.05) is 13.7 Å². The number of nitrogens with zero attached hydrogens (tertiary/aromatic N) is 2. The smallest absolute Gasteiger partial charge is 0.257 e. The highest BCUT2D eigenvalue weighted by molar-refractivity contribution is 6.06. The molecule has 2 saturated carbocycles. The molecule has 5 nitrogen and oxygen atoms in total. The molecule has 1 amide bonds. The molecule has 0 bridgehead atoms. The molecule has 0 unspecified atom stereocenters. The third kappa shape index (κ3) is 5.96. The fourth-order valence-electron chi connectivity index (χ4n) is 6.12. The van der Waals surface area contributed by atoms with E-state index in [0.29, 0.717) is 18.5 Å². The molecule has 3 aliphatic rings. The molecular weight excluding hydrogens is 362 g/mol. The summed E-state index contributed by atoms with van der Waals surface area (Å²) in [5.74, 6) is 2.68. The second kappa shape index (κ2) is 10.8. The Labute approximate surface area is 177 Å². The van der Waals surface area contributed by atoms with Crippen molar-refractivity contribution >= 4 is 11.9 Å². The predicted octanol–water partition coefficient (Wildman–Crippen LogP) is 4.62. The first-order valence-electron chi connectivity index (χ1n) is 12.3. The fraction of sp³-hybridized carbons (Fsp3) is 0.917. The van der Waals surface area contributed by atoms with Crippen LogP contribution < -0.4 is 5.73 Å². The first-order valence-corrected chi connectivity index (χ1v) is 12.3. The van der Waals surface area contributed by atoms with E-state index in [-0.39, 0.29) is 5.91 Å². The van der Waals surface area contributed by atoms with E-state index >= 15 is 0 Å². The number of likely N-dealkylation sites (N-methyl/N-ethyl adjacent to an activating group) is 1. The monoisotopic (exact) mass is 405 g/mol. The number of guanidine groups is 1. The highest BCUT2D eigenvalue weighted by Crippen LogP contribution is 2.42. The number of hydrogen-bond donors (Lipinski definition) is 2. The number of carbonyl (C=O) groups excluding carboxylic acids is 1. The van der Waals surface area contributed by atoms with E-state index in [0.717, 1.165) is 43.9 Å². The maximum atomic E-state index is 13.2. The minimum Gasteiger partial charge on any atom is -0.396 e. The fourth-order valence-corrected chi connectivity index (χ4v) is 6.12. The molecule has 5 heteroatoms. The van der Waals surface area contributed by atoms with Crippen LogP contribution >= 0.6 is 0 Å². The molecule has 3 rings (SSSR count). The summed E-state index contributed by atoms with van der Waals surface area (Å²) >= 11 is 0. The van der Waals surface area contributed by atoms with Crippen molar-refractivity contribution in [1.82, 2.24) is 4.90 Å². The van der Waals surface area contributed by atoms with Crippen molar-refractivity contribution in [3.8, 4) is 0 Å². The van der Waals surface area contributed by atoms with Crippen molar-refractivity contribution in [3.63, 3.8) is 0 Å². The summed E-state index contributed by atoms with van der Waals surface area (Å²) in [6.07, 6.45) is 19.2. The average Bonchev–Trinajstić information content (AvgIpc) is 2.95.